The number of thiophene rings is 1. The lowest BCUT2D eigenvalue weighted by molar-refractivity contribution is 0.339. The molecule has 3 rings (SSSR count). The third-order valence-corrected chi connectivity index (χ3v) is 7.74. The minimum atomic E-state index is 0.0167. The lowest BCUT2D eigenvalue weighted by Gasteiger charge is -2.40. The number of allylic oxidation sites excluding steroid dienone is 1. The molecule has 0 amide bonds. The van der Waals surface area contributed by atoms with Gasteiger partial charge in [-0.15, -0.1) is 17.9 Å². The first-order valence-corrected chi connectivity index (χ1v) is 12.3. The summed E-state index contributed by atoms with van der Waals surface area (Å²) in [7, 11) is 0. The Hall–Kier alpha value is -2.26. The van der Waals surface area contributed by atoms with Gasteiger partial charge in [0, 0.05) is 50.9 Å². The van der Waals surface area contributed by atoms with E-state index in [-0.39, 0.29) is 5.41 Å². The first-order chi connectivity index (χ1) is 14.8. The third-order valence-electron chi connectivity index (χ3n) is 6.53. The smallest absolute Gasteiger partial charge is 0.0408 e. The summed E-state index contributed by atoms with van der Waals surface area (Å²) in [6, 6.07) is 8.76. The van der Waals surface area contributed by atoms with Gasteiger partial charge in [0.2, 0.25) is 0 Å². The Morgan fingerprint density at radius 1 is 1.23 bits per heavy atom. The Labute approximate surface area is 193 Å². The predicted octanol–water partition coefficient (Wildman–Crippen LogP) is 7.43. The van der Waals surface area contributed by atoms with Crippen LogP contribution in [0.4, 0.5) is 5.69 Å². The maximum absolute atomic E-state index is 4.40. The number of fused-ring (bicyclic) bond motifs is 1. The molecule has 2 aromatic rings. The molecule has 0 saturated heterocycles. The number of anilines is 1. The molecule has 1 aromatic heterocycles. The molecule has 1 unspecified atom stereocenters. The lowest BCUT2D eigenvalue weighted by atomic mass is 9.72. The van der Waals surface area contributed by atoms with Gasteiger partial charge in [-0.25, -0.2) is 0 Å². The second-order valence-electron chi connectivity index (χ2n) is 9.09. The zero-order chi connectivity index (χ0) is 22.6. The molecule has 1 atom stereocenters. The molecule has 3 heteroatoms. The number of nitrogens with zero attached hydrogens (tertiary/aromatic N) is 1. The van der Waals surface area contributed by atoms with Crippen molar-refractivity contribution in [3.05, 3.63) is 82.2 Å². The quantitative estimate of drug-likeness (QED) is 0.309. The molecule has 31 heavy (non-hydrogen) atoms. The summed E-state index contributed by atoms with van der Waals surface area (Å²) in [5.74, 6) is 0. The van der Waals surface area contributed by atoms with Crippen LogP contribution in [0.15, 0.2) is 55.8 Å². The first kappa shape index (κ1) is 23.4. The molecule has 1 aromatic carbocycles. The van der Waals surface area contributed by atoms with Gasteiger partial charge in [0.25, 0.3) is 0 Å². The molecular weight excluding hydrogens is 396 g/mol. The molecule has 0 aliphatic heterocycles. The minimum Gasteiger partial charge on any atom is -0.385 e. The van der Waals surface area contributed by atoms with Crippen LogP contribution in [-0.4, -0.2) is 13.1 Å². The zero-order valence-electron chi connectivity index (χ0n) is 19.8. The summed E-state index contributed by atoms with van der Waals surface area (Å²) in [5.41, 5.74) is 7.48. The van der Waals surface area contributed by atoms with Gasteiger partial charge >= 0.3 is 0 Å². The number of benzene rings is 1. The van der Waals surface area contributed by atoms with Crippen LogP contribution >= 0.6 is 11.3 Å². The second-order valence-corrected chi connectivity index (χ2v) is 10.4. The summed E-state index contributed by atoms with van der Waals surface area (Å²) < 4.78 is 0. The molecule has 0 radical (unpaired) electrons. The van der Waals surface area contributed by atoms with Gasteiger partial charge < -0.3 is 10.2 Å². The van der Waals surface area contributed by atoms with E-state index < -0.39 is 0 Å². The monoisotopic (exact) mass is 434 g/mol. The molecule has 166 valence electrons. The fourth-order valence-electron chi connectivity index (χ4n) is 4.60. The maximum Gasteiger partial charge on any atom is 0.0408 e. The summed E-state index contributed by atoms with van der Waals surface area (Å²) in [6.45, 7) is 23.6. The van der Waals surface area contributed by atoms with Gasteiger partial charge in [0.05, 0.1) is 0 Å². The summed E-state index contributed by atoms with van der Waals surface area (Å²) in [4.78, 5) is 5.27. The van der Waals surface area contributed by atoms with Gasteiger partial charge in [-0.05, 0) is 64.2 Å². The minimum absolute atomic E-state index is 0.0167. The molecule has 0 fully saturated rings. The van der Waals surface area contributed by atoms with Crippen LogP contribution in [0.25, 0.3) is 5.70 Å². The predicted molar refractivity (Wildman–Crippen MR) is 139 cm³/mol. The average Bonchev–Trinajstić information content (AvgIpc) is 3.07. The summed E-state index contributed by atoms with van der Waals surface area (Å²) in [6.07, 6.45) is 7.79. The fraction of sp³-hybridized carbons (Fsp3) is 0.429. The third kappa shape index (κ3) is 5.15. The van der Waals surface area contributed by atoms with Crippen molar-refractivity contribution in [3.8, 4) is 0 Å². The van der Waals surface area contributed by atoms with E-state index in [1.165, 1.54) is 45.0 Å². The van der Waals surface area contributed by atoms with E-state index in [1.807, 2.05) is 11.3 Å². The molecule has 0 saturated carbocycles. The van der Waals surface area contributed by atoms with Crippen molar-refractivity contribution in [1.82, 2.24) is 5.32 Å². The molecule has 1 heterocycles. The van der Waals surface area contributed by atoms with Crippen LogP contribution in [-0.2, 0) is 12.8 Å². The van der Waals surface area contributed by atoms with E-state index in [4.69, 9.17) is 0 Å². The van der Waals surface area contributed by atoms with Gasteiger partial charge in [-0.3, -0.25) is 0 Å². The number of hydrogen-bond acceptors (Lipinski definition) is 3. The average molecular weight is 435 g/mol. The highest BCUT2D eigenvalue weighted by atomic mass is 32.1. The van der Waals surface area contributed by atoms with Crippen molar-refractivity contribution in [2.45, 2.75) is 59.8 Å². The van der Waals surface area contributed by atoms with Crippen LogP contribution < -0.4 is 10.2 Å². The van der Waals surface area contributed by atoms with Gasteiger partial charge in [0.15, 0.2) is 0 Å². The molecule has 0 bridgehead atoms. The Kier molecular flexibility index (Phi) is 7.48. The van der Waals surface area contributed by atoms with E-state index in [0.29, 0.717) is 0 Å². The van der Waals surface area contributed by atoms with E-state index in [1.54, 1.807) is 0 Å². The van der Waals surface area contributed by atoms with Crippen LogP contribution in [0.5, 0.6) is 0 Å². The van der Waals surface area contributed by atoms with Crippen LogP contribution in [0.1, 0.15) is 59.6 Å². The van der Waals surface area contributed by atoms with E-state index in [0.717, 1.165) is 43.7 Å². The largest absolute Gasteiger partial charge is 0.385 e. The SMILES string of the molecule is C=CC1(CN(C(=C)C)c2ccc(C)cc2)CCc2sc(C)c(C(=C)NCCCC)c2C1. The number of unbranched alkanes of at least 4 members (excludes halogenated alkanes) is 1. The lowest BCUT2D eigenvalue weighted by Crippen LogP contribution is -2.39. The van der Waals surface area contributed by atoms with E-state index in [2.05, 4.69) is 88.0 Å². The van der Waals surface area contributed by atoms with Crippen molar-refractivity contribution in [2.24, 2.45) is 5.41 Å². The highest BCUT2D eigenvalue weighted by molar-refractivity contribution is 7.12. The molecule has 0 spiro atoms. The number of rotatable bonds is 10. The highest BCUT2D eigenvalue weighted by Crippen LogP contribution is 2.45. The number of hydrogen-bond donors (Lipinski definition) is 1. The van der Waals surface area contributed by atoms with Gasteiger partial charge in [-0.1, -0.05) is 50.3 Å². The van der Waals surface area contributed by atoms with Crippen molar-refractivity contribution >= 4 is 22.7 Å². The van der Waals surface area contributed by atoms with E-state index in [9.17, 15) is 0 Å². The zero-order valence-corrected chi connectivity index (χ0v) is 20.6. The van der Waals surface area contributed by atoms with E-state index >= 15 is 0 Å². The van der Waals surface area contributed by atoms with Crippen LogP contribution in [0, 0.1) is 19.3 Å². The van der Waals surface area contributed by atoms with Crippen molar-refractivity contribution in [2.75, 3.05) is 18.0 Å². The maximum atomic E-state index is 4.40. The van der Waals surface area contributed by atoms with Crippen molar-refractivity contribution < 1.29 is 0 Å². The second kappa shape index (κ2) is 9.91. The van der Waals surface area contributed by atoms with Gasteiger partial charge in [-0.2, -0.15) is 0 Å². The van der Waals surface area contributed by atoms with Crippen LogP contribution in [0.2, 0.25) is 0 Å². The Morgan fingerprint density at radius 2 is 1.94 bits per heavy atom. The standard InChI is InChI=1S/C28H38N2S/c1-8-10-17-29-22(6)27-23(7)31-26-15-16-28(9-2,18-25(26)27)19-30(20(3)4)24-13-11-21(5)12-14-24/h9,11-14,29H,2-3,6,8,10,15-19H2,1,4-5,7H3. The summed E-state index contributed by atoms with van der Waals surface area (Å²) >= 11 is 1.95. The molecule has 1 aliphatic rings. The molecule has 2 nitrogen and oxygen atoms in total. The topological polar surface area (TPSA) is 15.3 Å². The number of aryl methyl sites for hydroxylation is 3. The number of nitrogens with one attached hydrogen (secondary N) is 1. The first-order valence-electron chi connectivity index (χ1n) is 11.5. The fourth-order valence-corrected chi connectivity index (χ4v) is 5.82. The van der Waals surface area contributed by atoms with Gasteiger partial charge in [0.1, 0.15) is 0 Å². The Balaban J connectivity index is 1.89. The Bertz CT molecular complexity index is 950. The van der Waals surface area contributed by atoms with Crippen molar-refractivity contribution in [1.29, 1.82) is 0 Å². The highest BCUT2D eigenvalue weighted by Gasteiger charge is 2.37. The van der Waals surface area contributed by atoms with Crippen LogP contribution in [0.3, 0.4) is 0 Å². The molecule has 1 aliphatic carbocycles. The molecular formula is C28H38N2S. The normalized spacial score (nSPS) is 17.7. The Morgan fingerprint density at radius 3 is 2.55 bits per heavy atom. The molecule has 1 N–H and O–H groups in total. The summed E-state index contributed by atoms with van der Waals surface area (Å²) in [5, 5.41) is 3.57. The van der Waals surface area contributed by atoms with Crippen molar-refractivity contribution in [3.63, 3.8) is 0 Å².